The zero-order valence-electron chi connectivity index (χ0n) is 18.7. The number of carbonyl (C=O) groups excluding carboxylic acids is 1. The van der Waals surface area contributed by atoms with Crippen LogP contribution in [0.4, 0.5) is 4.39 Å². The molecule has 0 spiro atoms. The third-order valence-electron chi connectivity index (χ3n) is 6.87. The van der Waals surface area contributed by atoms with E-state index < -0.39 is 17.7 Å². The van der Waals surface area contributed by atoms with Crippen LogP contribution in [0, 0.1) is 17.7 Å². The third-order valence-corrected chi connectivity index (χ3v) is 6.87. The number of hydrogen-bond acceptors (Lipinski definition) is 3. The van der Waals surface area contributed by atoms with Gasteiger partial charge in [-0.05, 0) is 61.3 Å². The van der Waals surface area contributed by atoms with Crippen LogP contribution in [-0.4, -0.2) is 33.1 Å². The summed E-state index contributed by atoms with van der Waals surface area (Å²) in [6, 6.07) is 14.9. The molecule has 34 heavy (non-hydrogen) atoms. The lowest BCUT2D eigenvalue weighted by Crippen LogP contribution is -2.33. The molecule has 0 unspecified atom stereocenters. The number of hydrogen-bond donors (Lipinski definition) is 2. The molecule has 7 heteroatoms. The van der Waals surface area contributed by atoms with Crippen molar-refractivity contribution in [2.45, 2.75) is 32.2 Å². The Bertz CT molecular complexity index is 1370. The molecule has 0 aliphatic heterocycles. The van der Waals surface area contributed by atoms with E-state index in [0.717, 1.165) is 34.7 Å². The summed E-state index contributed by atoms with van der Waals surface area (Å²) in [4.78, 5) is 28.8. The highest BCUT2D eigenvalue weighted by molar-refractivity contribution is 6.06. The highest BCUT2D eigenvalue weighted by atomic mass is 19.1. The summed E-state index contributed by atoms with van der Waals surface area (Å²) in [5, 5.41) is 15.0. The first-order valence-electron chi connectivity index (χ1n) is 11.6. The molecule has 2 aromatic carbocycles. The van der Waals surface area contributed by atoms with Crippen molar-refractivity contribution in [2.24, 2.45) is 11.8 Å². The lowest BCUT2D eigenvalue weighted by molar-refractivity contribution is -0.143. The summed E-state index contributed by atoms with van der Waals surface area (Å²) in [5.74, 6) is -1.86. The van der Waals surface area contributed by atoms with Gasteiger partial charge in [0.1, 0.15) is 5.82 Å². The fourth-order valence-corrected chi connectivity index (χ4v) is 4.95. The molecule has 0 bridgehead atoms. The van der Waals surface area contributed by atoms with Gasteiger partial charge in [-0.1, -0.05) is 24.3 Å². The predicted octanol–water partition coefficient (Wildman–Crippen LogP) is 5.00. The van der Waals surface area contributed by atoms with Gasteiger partial charge in [0.15, 0.2) is 0 Å². The minimum absolute atomic E-state index is 0.0301. The monoisotopic (exact) mass is 459 g/mol. The summed E-state index contributed by atoms with van der Waals surface area (Å²) in [5.41, 5.74) is 1.39. The highest BCUT2D eigenvalue weighted by Crippen LogP contribution is 2.29. The number of pyridine rings is 1. The molecular formula is C27H26FN3O3. The van der Waals surface area contributed by atoms with Gasteiger partial charge in [-0.2, -0.15) is 0 Å². The topological polar surface area (TPSA) is 84.2 Å². The Balaban J connectivity index is 1.37. The highest BCUT2D eigenvalue weighted by Gasteiger charge is 2.27. The van der Waals surface area contributed by atoms with Crippen LogP contribution in [0.25, 0.3) is 21.7 Å². The van der Waals surface area contributed by atoms with Crippen LogP contribution in [0.15, 0.2) is 60.9 Å². The molecule has 1 aliphatic rings. The Hall–Kier alpha value is -3.74. The van der Waals surface area contributed by atoms with Crippen LogP contribution in [0.1, 0.15) is 41.7 Å². The van der Waals surface area contributed by atoms with Crippen LogP contribution in [0.3, 0.4) is 0 Å². The molecule has 0 atom stereocenters. The average Bonchev–Trinajstić information content (AvgIpc) is 3.25. The molecule has 1 saturated carbocycles. The molecule has 1 amide bonds. The van der Waals surface area contributed by atoms with Gasteiger partial charge in [0, 0.05) is 29.7 Å². The zero-order valence-corrected chi connectivity index (χ0v) is 18.7. The lowest BCUT2D eigenvalue weighted by Gasteiger charge is -2.26. The largest absolute Gasteiger partial charge is 0.481 e. The normalized spacial score (nSPS) is 18.3. The fourth-order valence-electron chi connectivity index (χ4n) is 4.95. The first-order valence-corrected chi connectivity index (χ1v) is 11.6. The van der Waals surface area contributed by atoms with E-state index in [9.17, 15) is 14.0 Å². The number of carbonyl (C=O) groups is 2. The quantitative estimate of drug-likeness (QED) is 0.425. The van der Waals surface area contributed by atoms with Crippen molar-refractivity contribution >= 4 is 33.6 Å². The van der Waals surface area contributed by atoms with E-state index in [4.69, 9.17) is 5.11 Å². The van der Waals surface area contributed by atoms with Gasteiger partial charge in [-0.25, -0.2) is 4.39 Å². The van der Waals surface area contributed by atoms with Gasteiger partial charge in [-0.15, -0.1) is 0 Å². The van der Waals surface area contributed by atoms with E-state index in [-0.39, 0.29) is 17.4 Å². The van der Waals surface area contributed by atoms with Crippen molar-refractivity contribution in [1.29, 1.82) is 0 Å². The van der Waals surface area contributed by atoms with Crippen molar-refractivity contribution in [3.8, 4) is 0 Å². The lowest BCUT2D eigenvalue weighted by atomic mass is 9.82. The number of carboxylic acid groups (broad SMARTS) is 1. The Morgan fingerprint density at radius 2 is 1.79 bits per heavy atom. The van der Waals surface area contributed by atoms with Crippen molar-refractivity contribution in [2.75, 3.05) is 6.54 Å². The Morgan fingerprint density at radius 1 is 1.03 bits per heavy atom. The molecule has 174 valence electrons. The Kier molecular flexibility index (Phi) is 6.01. The van der Waals surface area contributed by atoms with Gasteiger partial charge < -0.3 is 15.0 Å². The first-order chi connectivity index (χ1) is 16.5. The number of carboxylic acids is 1. The van der Waals surface area contributed by atoms with Crippen LogP contribution < -0.4 is 5.32 Å². The van der Waals surface area contributed by atoms with Gasteiger partial charge in [-0.3, -0.25) is 14.6 Å². The number of nitrogens with zero attached hydrogens (tertiary/aromatic N) is 2. The molecule has 0 saturated heterocycles. The standard InChI is InChI=1S/C27H26FN3O3/c28-23-10-9-18-11-12-31(16-22-13-20-3-1-2-4-21(20)15-29-22)25(18)24(23)26(32)30-14-17-5-7-19(8-6-17)27(33)34/h1-4,9-13,15,17,19H,5-8,14,16H2,(H,30,32)(H,33,34). The van der Waals surface area contributed by atoms with E-state index in [1.54, 1.807) is 6.07 Å². The predicted molar refractivity (Wildman–Crippen MR) is 128 cm³/mol. The second-order valence-electron chi connectivity index (χ2n) is 9.09. The van der Waals surface area contributed by atoms with Crippen molar-refractivity contribution < 1.29 is 19.1 Å². The van der Waals surface area contributed by atoms with Crippen LogP contribution in [0.5, 0.6) is 0 Å². The minimum atomic E-state index is -0.752. The van der Waals surface area contributed by atoms with Gasteiger partial charge in [0.25, 0.3) is 5.91 Å². The van der Waals surface area contributed by atoms with E-state index in [1.807, 2.05) is 53.4 Å². The van der Waals surface area contributed by atoms with E-state index >= 15 is 0 Å². The maximum Gasteiger partial charge on any atom is 0.306 e. The van der Waals surface area contributed by atoms with Crippen LogP contribution >= 0.6 is 0 Å². The van der Waals surface area contributed by atoms with Crippen LogP contribution in [-0.2, 0) is 11.3 Å². The van der Waals surface area contributed by atoms with Crippen molar-refractivity contribution in [3.05, 3.63) is 78.0 Å². The maximum atomic E-state index is 14.9. The average molecular weight is 460 g/mol. The second kappa shape index (κ2) is 9.25. The number of halogens is 1. The molecule has 4 aromatic rings. The third kappa shape index (κ3) is 4.38. The number of fused-ring (bicyclic) bond motifs is 2. The molecule has 1 fully saturated rings. The Morgan fingerprint density at radius 3 is 2.56 bits per heavy atom. The van der Waals surface area contributed by atoms with E-state index in [0.29, 0.717) is 31.4 Å². The van der Waals surface area contributed by atoms with Crippen LogP contribution in [0.2, 0.25) is 0 Å². The zero-order chi connectivity index (χ0) is 23.7. The number of rotatable bonds is 6. The molecule has 2 heterocycles. The van der Waals surface area contributed by atoms with E-state index in [2.05, 4.69) is 10.3 Å². The summed E-state index contributed by atoms with van der Waals surface area (Å²) >= 11 is 0. The number of aromatic nitrogens is 2. The van der Waals surface area contributed by atoms with Gasteiger partial charge in [0.05, 0.1) is 29.2 Å². The van der Waals surface area contributed by atoms with E-state index in [1.165, 1.54) is 6.07 Å². The molecule has 5 rings (SSSR count). The number of aliphatic carboxylic acids is 1. The molecule has 1 aliphatic carbocycles. The summed E-state index contributed by atoms with van der Waals surface area (Å²) in [7, 11) is 0. The molecular weight excluding hydrogens is 433 g/mol. The number of benzene rings is 2. The summed E-state index contributed by atoms with van der Waals surface area (Å²) in [6.45, 7) is 0.825. The van der Waals surface area contributed by atoms with Gasteiger partial charge >= 0.3 is 5.97 Å². The molecule has 2 N–H and O–H groups in total. The number of amides is 1. The van der Waals surface area contributed by atoms with Crippen molar-refractivity contribution in [3.63, 3.8) is 0 Å². The molecule has 6 nitrogen and oxygen atoms in total. The maximum absolute atomic E-state index is 14.9. The smallest absolute Gasteiger partial charge is 0.306 e. The molecule has 2 aromatic heterocycles. The Labute approximate surface area is 196 Å². The van der Waals surface area contributed by atoms with Crippen molar-refractivity contribution in [1.82, 2.24) is 14.9 Å². The summed E-state index contributed by atoms with van der Waals surface area (Å²) < 4.78 is 16.8. The first kappa shape index (κ1) is 22.1. The SMILES string of the molecule is O=C(NCC1CCC(C(=O)O)CC1)c1c(F)ccc2ccn(Cc3cc4ccccc4cn3)c12. The fraction of sp³-hybridized carbons (Fsp3) is 0.296. The minimum Gasteiger partial charge on any atom is -0.481 e. The molecule has 0 radical (unpaired) electrons. The summed E-state index contributed by atoms with van der Waals surface area (Å²) in [6.07, 6.45) is 6.39. The second-order valence-corrected chi connectivity index (χ2v) is 9.09. The van der Waals surface area contributed by atoms with Gasteiger partial charge in [0.2, 0.25) is 0 Å². The number of nitrogens with one attached hydrogen (secondary N) is 1.